The molecule has 0 saturated carbocycles. The SMILES string of the molecule is Fc1ccc(C(Br)C2CCCOC2)c2ccccc12. The summed E-state index contributed by atoms with van der Waals surface area (Å²) in [7, 11) is 0. The van der Waals surface area contributed by atoms with E-state index in [4.69, 9.17) is 4.74 Å². The number of hydrogen-bond acceptors (Lipinski definition) is 1. The largest absolute Gasteiger partial charge is 0.381 e. The number of halogens is 2. The van der Waals surface area contributed by atoms with Crippen LogP contribution in [0.1, 0.15) is 23.2 Å². The quantitative estimate of drug-likeness (QED) is 0.719. The first kappa shape index (κ1) is 13.1. The summed E-state index contributed by atoms with van der Waals surface area (Å²) in [6, 6.07) is 11.1. The van der Waals surface area contributed by atoms with Gasteiger partial charge in [-0.3, -0.25) is 0 Å². The first-order valence-corrected chi connectivity index (χ1v) is 7.58. The van der Waals surface area contributed by atoms with E-state index in [1.54, 1.807) is 6.07 Å². The van der Waals surface area contributed by atoms with E-state index >= 15 is 0 Å². The zero-order chi connectivity index (χ0) is 13.2. The summed E-state index contributed by atoms with van der Waals surface area (Å²) >= 11 is 3.79. The van der Waals surface area contributed by atoms with E-state index in [0.717, 1.165) is 37.0 Å². The Morgan fingerprint density at radius 2 is 1.95 bits per heavy atom. The Bertz CT molecular complexity index is 578. The second kappa shape index (κ2) is 5.59. The first-order chi connectivity index (χ1) is 9.27. The molecule has 1 aliphatic rings. The Morgan fingerprint density at radius 1 is 1.16 bits per heavy atom. The molecule has 0 aliphatic carbocycles. The Hall–Kier alpha value is -0.930. The van der Waals surface area contributed by atoms with Crippen LogP contribution in [0, 0.1) is 11.7 Å². The molecule has 1 nitrogen and oxygen atoms in total. The smallest absolute Gasteiger partial charge is 0.131 e. The Morgan fingerprint density at radius 3 is 2.68 bits per heavy atom. The van der Waals surface area contributed by atoms with E-state index in [1.807, 2.05) is 30.3 Å². The average Bonchev–Trinajstić information content (AvgIpc) is 2.48. The van der Waals surface area contributed by atoms with Crippen LogP contribution in [0.25, 0.3) is 10.8 Å². The highest BCUT2D eigenvalue weighted by atomic mass is 79.9. The van der Waals surface area contributed by atoms with Crippen LogP contribution >= 0.6 is 15.9 Å². The van der Waals surface area contributed by atoms with E-state index < -0.39 is 0 Å². The number of rotatable bonds is 2. The van der Waals surface area contributed by atoms with Crippen molar-refractivity contribution in [2.45, 2.75) is 17.7 Å². The highest BCUT2D eigenvalue weighted by Gasteiger charge is 2.25. The molecule has 0 amide bonds. The van der Waals surface area contributed by atoms with Gasteiger partial charge in [0.05, 0.1) is 6.61 Å². The van der Waals surface area contributed by atoms with E-state index in [1.165, 1.54) is 0 Å². The molecule has 0 N–H and O–H groups in total. The van der Waals surface area contributed by atoms with Gasteiger partial charge in [-0.15, -0.1) is 0 Å². The molecule has 2 aromatic carbocycles. The van der Waals surface area contributed by atoms with Crippen LogP contribution in [-0.2, 0) is 4.74 Å². The molecule has 1 aliphatic heterocycles. The van der Waals surface area contributed by atoms with Crippen molar-refractivity contribution in [2.75, 3.05) is 13.2 Å². The van der Waals surface area contributed by atoms with Crippen molar-refractivity contribution in [3.8, 4) is 0 Å². The van der Waals surface area contributed by atoms with Crippen LogP contribution in [0.4, 0.5) is 4.39 Å². The monoisotopic (exact) mass is 322 g/mol. The summed E-state index contributed by atoms with van der Waals surface area (Å²) in [5.41, 5.74) is 1.16. The molecule has 3 rings (SSSR count). The maximum atomic E-state index is 13.8. The van der Waals surface area contributed by atoms with Crippen molar-refractivity contribution in [1.82, 2.24) is 0 Å². The van der Waals surface area contributed by atoms with Gasteiger partial charge in [0.15, 0.2) is 0 Å². The van der Waals surface area contributed by atoms with E-state index in [0.29, 0.717) is 11.3 Å². The van der Waals surface area contributed by atoms with Crippen LogP contribution in [0.15, 0.2) is 36.4 Å². The first-order valence-electron chi connectivity index (χ1n) is 6.66. The van der Waals surface area contributed by atoms with Crippen LogP contribution in [0.2, 0.25) is 0 Å². The summed E-state index contributed by atoms with van der Waals surface area (Å²) in [6.07, 6.45) is 2.26. The highest BCUT2D eigenvalue weighted by molar-refractivity contribution is 9.09. The number of alkyl halides is 1. The molecule has 1 heterocycles. The van der Waals surface area contributed by atoms with Gasteiger partial charge in [-0.1, -0.05) is 46.3 Å². The van der Waals surface area contributed by atoms with Gasteiger partial charge in [0.2, 0.25) is 0 Å². The minimum absolute atomic E-state index is 0.154. The fourth-order valence-electron chi connectivity index (χ4n) is 2.78. The van der Waals surface area contributed by atoms with Crippen molar-refractivity contribution in [3.05, 3.63) is 47.8 Å². The van der Waals surface area contributed by atoms with Crippen LogP contribution in [-0.4, -0.2) is 13.2 Å². The molecular formula is C16H16BrFO. The van der Waals surface area contributed by atoms with Gasteiger partial charge < -0.3 is 4.74 Å². The molecule has 100 valence electrons. The molecule has 3 heteroatoms. The van der Waals surface area contributed by atoms with Crippen molar-refractivity contribution in [2.24, 2.45) is 5.92 Å². The maximum absolute atomic E-state index is 13.8. The Kier molecular flexibility index (Phi) is 3.85. The lowest BCUT2D eigenvalue weighted by Gasteiger charge is -2.27. The summed E-state index contributed by atoms with van der Waals surface area (Å²) in [6.45, 7) is 1.64. The van der Waals surface area contributed by atoms with E-state index in [9.17, 15) is 4.39 Å². The zero-order valence-electron chi connectivity index (χ0n) is 10.6. The molecule has 19 heavy (non-hydrogen) atoms. The highest BCUT2D eigenvalue weighted by Crippen LogP contribution is 2.39. The minimum atomic E-state index is -0.154. The lowest BCUT2D eigenvalue weighted by molar-refractivity contribution is 0.0547. The topological polar surface area (TPSA) is 9.23 Å². The van der Waals surface area contributed by atoms with Gasteiger partial charge >= 0.3 is 0 Å². The lowest BCUT2D eigenvalue weighted by Crippen LogP contribution is -2.21. The normalized spacial score (nSPS) is 21.5. The number of ether oxygens (including phenoxy) is 1. The molecular weight excluding hydrogens is 307 g/mol. The van der Waals surface area contributed by atoms with Gasteiger partial charge in [-0.25, -0.2) is 4.39 Å². The van der Waals surface area contributed by atoms with Crippen molar-refractivity contribution in [3.63, 3.8) is 0 Å². The maximum Gasteiger partial charge on any atom is 0.131 e. The fraction of sp³-hybridized carbons (Fsp3) is 0.375. The minimum Gasteiger partial charge on any atom is -0.381 e. The molecule has 1 saturated heterocycles. The predicted octanol–water partition coefficient (Wildman–Crippen LogP) is 4.84. The average molecular weight is 323 g/mol. The van der Waals surface area contributed by atoms with Gasteiger partial charge in [0, 0.05) is 16.8 Å². The molecule has 1 fully saturated rings. The Balaban J connectivity index is 2.02. The van der Waals surface area contributed by atoms with Crippen molar-refractivity contribution >= 4 is 26.7 Å². The molecule has 2 unspecified atom stereocenters. The van der Waals surface area contributed by atoms with Crippen molar-refractivity contribution in [1.29, 1.82) is 0 Å². The van der Waals surface area contributed by atoms with E-state index in [-0.39, 0.29) is 10.6 Å². The molecule has 0 bridgehead atoms. The van der Waals surface area contributed by atoms with Gasteiger partial charge in [-0.2, -0.15) is 0 Å². The molecule has 0 aromatic heterocycles. The molecule has 0 spiro atoms. The number of benzene rings is 2. The summed E-state index contributed by atoms with van der Waals surface area (Å²) in [5, 5.41) is 1.69. The van der Waals surface area contributed by atoms with Gasteiger partial charge in [-0.05, 0) is 35.8 Å². The summed E-state index contributed by atoms with van der Waals surface area (Å²) < 4.78 is 19.4. The third-order valence-electron chi connectivity index (χ3n) is 3.81. The lowest BCUT2D eigenvalue weighted by atomic mass is 9.91. The molecule has 2 aromatic rings. The van der Waals surface area contributed by atoms with Gasteiger partial charge in [0.25, 0.3) is 0 Å². The van der Waals surface area contributed by atoms with Crippen LogP contribution in [0.5, 0.6) is 0 Å². The molecule has 2 atom stereocenters. The number of fused-ring (bicyclic) bond motifs is 1. The van der Waals surface area contributed by atoms with Crippen molar-refractivity contribution < 1.29 is 9.13 Å². The Labute approximate surface area is 120 Å². The third kappa shape index (κ3) is 2.54. The summed E-state index contributed by atoms with van der Waals surface area (Å²) in [4.78, 5) is 0.221. The number of hydrogen-bond donors (Lipinski definition) is 0. The summed E-state index contributed by atoms with van der Waals surface area (Å²) in [5.74, 6) is 0.307. The predicted molar refractivity (Wildman–Crippen MR) is 79.1 cm³/mol. The second-order valence-electron chi connectivity index (χ2n) is 5.06. The van der Waals surface area contributed by atoms with E-state index in [2.05, 4.69) is 15.9 Å². The molecule has 0 radical (unpaired) electrons. The second-order valence-corrected chi connectivity index (χ2v) is 6.05. The van der Waals surface area contributed by atoms with Gasteiger partial charge in [0.1, 0.15) is 5.82 Å². The fourth-order valence-corrected chi connectivity index (χ4v) is 3.59. The van der Waals surface area contributed by atoms with Crippen LogP contribution in [0.3, 0.4) is 0 Å². The standard InChI is InChI=1S/C16H16BrFO/c17-16(11-4-3-9-19-10-11)14-7-8-15(18)13-6-2-1-5-12(13)14/h1-2,5-8,11,16H,3-4,9-10H2. The third-order valence-corrected chi connectivity index (χ3v) is 5.05. The zero-order valence-corrected chi connectivity index (χ0v) is 12.2. The van der Waals surface area contributed by atoms with Crippen LogP contribution < -0.4 is 0 Å².